The summed E-state index contributed by atoms with van der Waals surface area (Å²) in [6, 6.07) is 14.0. The van der Waals surface area contributed by atoms with Gasteiger partial charge in [-0.15, -0.1) is 0 Å². The smallest absolute Gasteiger partial charge is 0.232 e. The van der Waals surface area contributed by atoms with Crippen LogP contribution in [0.4, 0.5) is 5.69 Å². The second-order valence-corrected chi connectivity index (χ2v) is 8.07. The molecule has 0 aromatic heterocycles. The maximum atomic E-state index is 13.3. The zero-order chi connectivity index (χ0) is 21.3. The first-order chi connectivity index (χ1) is 14.5. The number of ether oxygens (including phenoxy) is 2. The first-order valence-electron chi connectivity index (χ1n) is 10.4. The molecule has 158 valence electrons. The molecule has 2 aliphatic rings. The Morgan fingerprint density at radius 3 is 2.60 bits per heavy atom. The van der Waals surface area contributed by atoms with Crippen molar-refractivity contribution in [1.82, 2.24) is 4.90 Å². The van der Waals surface area contributed by atoms with Gasteiger partial charge in [-0.25, -0.2) is 0 Å². The van der Waals surface area contributed by atoms with E-state index in [0.29, 0.717) is 31.0 Å². The fourth-order valence-corrected chi connectivity index (χ4v) is 4.55. The molecule has 2 aliphatic heterocycles. The highest BCUT2D eigenvalue weighted by atomic mass is 16.5. The van der Waals surface area contributed by atoms with Gasteiger partial charge in [0.25, 0.3) is 0 Å². The predicted octanol–water partition coefficient (Wildman–Crippen LogP) is 3.07. The van der Waals surface area contributed by atoms with Crippen LogP contribution in [-0.2, 0) is 22.4 Å². The van der Waals surface area contributed by atoms with Crippen molar-refractivity contribution < 1.29 is 19.1 Å². The van der Waals surface area contributed by atoms with Gasteiger partial charge < -0.3 is 19.3 Å². The maximum absolute atomic E-state index is 13.3. The highest BCUT2D eigenvalue weighted by molar-refractivity contribution is 6.01. The summed E-state index contributed by atoms with van der Waals surface area (Å²) in [7, 11) is 3.22. The molecule has 0 aliphatic carbocycles. The van der Waals surface area contributed by atoms with Crippen molar-refractivity contribution in [2.24, 2.45) is 5.92 Å². The van der Waals surface area contributed by atoms with Crippen LogP contribution in [0.15, 0.2) is 42.5 Å². The molecule has 1 saturated heterocycles. The molecule has 6 nitrogen and oxygen atoms in total. The maximum Gasteiger partial charge on any atom is 0.232 e. The van der Waals surface area contributed by atoms with Crippen LogP contribution in [-0.4, -0.2) is 50.1 Å². The van der Waals surface area contributed by atoms with Crippen LogP contribution in [0.2, 0.25) is 0 Å². The lowest BCUT2D eigenvalue weighted by Gasteiger charge is -2.26. The number of amides is 2. The Bertz CT molecular complexity index is 958. The summed E-state index contributed by atoms with van der Waals surface area (Å²) in [6.45, 7) is 3.14. The number of nitrogens with zero attached hydrogens (tertiary/aromatic N) is 2. The second kappa shape index (κ2) is 8.38. The summed E-state index contributed by atoms with van der Waals surface area (Å²) in [6.07, 6.45) is 1.86. The third-order valence-corrected chi connectivity index (χ3v) is 6.13. The fourth-order valence-electron chi connectivity index (χ4n) is 4.55. The molecule has 2 atom stereocenters. The first-order valence-corrected chi connectivity index (χ1v) is 10.4. The molecule has 0 saturated carbocycles. The van der Waals surface area contributed by atoms with Gasteiger partial charge in [0.15, 0.2) is 11.5 Å². The number of rotatable bonds is 6. The van der Waals surface area contributed by atoms with E-state index in [1.54, 1.807) is 14.2 Å². The normalized spacial score (nSPS) is 20.4. The molecule has 6 heteroatoms. The van der Waals surface area contributed by atoms with Crippen LogP contribution >= 0.6 is 0 Å². The minimum Gasteiger partial charge on any atom is -0.493 e. The number of para-hydroxylation sites is 1. The standard InChI is InChI=1S/C24H28N2O4/c1-16-12-18-6-4-5-7-20(18)26(16)24(28)19-14-23(27)25(15-19)11-10-17-8-9-21(29-2)22(13-17)30-3/h4-9,13,16,19H,10-12,14-15H2,1-3H3. The fraction of sp³-hybridized carbons (Fsp3) is 0.417. The predicted molar refractivity (Wildman–Crippen MR) is 115 cm³/mol. The third-order valence-electron chi connectivity index (χ3n) is 6.13. The summed E-state index contributed by atoms with van der Waals surface area (Å²) in [4.78, 5) is 29.5. The van der Waals surface area contributed by atoms with Crippen molar-refractivity contribution in [3.05, 3.63) is 53.6 Å². The molecule has 2 amide bonds. The first kappa shape index (κ1) is 20.3. The largest absolute Gasteiger partial charge is 0.493 e. The zero-order valence-corrected chi connectivity index (χ0v) is 17.8. The van der Waals surface area contributed by atoms with E-state index in [4.69, 9.17) is 9.47 Å². The highest BCUT2D eigenvalue weighted by Gasteiger charge is 2.40. The molecule has 2 aromatic rings. The Labute approximate surface area is 177 Å². The van der Waals surface area contributed by atoms with Crippen LogP contribution < -0.4 is 14.4 Å². The van der Waals surface area contributed by atoms with Gasteiger partial charge in [-0.3, -0.25) is 9.59 Å². The van der Waals surface area contributed by atoms with E-state index < -0.39 is 0 Å². The lowest BCUT2D eigenvalue weighted by molar-refractivity contribution is -0.128. The Morgan fingerprint density at radius 1 is 1.07 bits per heavy atom. The van der Waals surface area contributed by atoms with Crippen molar-refractivity contribution in [2.45, 2.75) is 32.2 Å². The number of hydrogen-bond donors (Lipinski definition) is 0. The van der Waals surface area contributed by atoms with E-state index in [-0.39, 0.29) is 30.2 Å². The summed E-state index contributed by atoms with van der Waals surface area (Å²) >= 11 is 0. The zero-order valence-electron chi connectivity index (χ0n) is 17.8. The van der Waals surface area contributed by atoms with Crippen LogP contribution in [0.25, 0.3) is 0 Å². The average Bonchev–Trinajstić information content (AvgIpc) is 3.30. The molecular formula is C24H28N2O4. The molecule has 2 unspecified atom stereocenters. The number of benzene rings is 2. The number of fused-ring (bicyclic) bond motifs is 1. The lowest BCUT2D eigenvalue weighted by atomic mass is 10.1. The van der Waals surface area contributed by atoms with Crippen molar-refractivity contribution >= 4 is 17.5 Å². The summed E-state index contributed by atoms with van der Waals surface area (Å²) in [5.41, 5.74) is 3.26. The molecule has 30 heavy (non-hydrogen) atoms. The quantitative estimate of drug-likeness (QED) is 0.737. The van der Waals surface area contributed by atoms with Gasteiger partial charge in [0.05, 0.1) is 20.1 Å². The molecule has 4 rings (SSSR count). The summed E-state index contributed by atoms with van der Waals surface area (Å²) < 4.78 is 10.6. The minimum absolute atomic E-state index is 0.0500. The molecule has 0 N–H and O–H groups in total. The molecule has 2 heterocycles. The number of methoxy groups -OCH3 is 2. The van der Waals surface area contributed by atoms with Crippen molar-refractivity contribution in [3.63, 3.8) is 0 Å². The van der Waals surface area contributed by atoms with Crippen molar-refractivity contribution in [2.75, 3.05) is 32.2 Å². The Balaban J connectivity index is 1.40. The van der Waals surface area contributed by atoms with Crippen LogP contribution in [0.5, 0.6) is 11.5 Å². The van der Waals surface area contributed by atoms with Gasteiger partial charge >= 0.3 is 0 Å². The van der Waals surface area contributed by atoms with E-state index in [2.05, 4.69) is 13.0 Å². The van der Waals surface area contributed by atoms with E-state index in [9.17, 15) is 9.59 Å². The van der Waals surface area contributed by atoms with Crippen LogP contribution in [0.3, 0.4) is 0 Å². The molecule has 2 aromatic carbocycles. The van der Waals surface area contributed by atoms with Crippen molar-refractivity contribution in [3.8, 4) is 11.5 Å². The van der Waals surface area contributed by atoms with Gasteiger partial charge in [-0.2, -0.15) is 0 Å². The molecular weight excluding hydrogens is 380 g/mol. The van der Waals surface area contributed by atoms with E-state index >= 15 is 0 Å². The van der Waals surface area contributed by atoms with Gasteiger partial charge in [-0.05, 0) is 49.1 Å². The average molecular weight is 408 g/mol. The summed E-state index contributed by atoms with van der Waals surface area (Å²) in [5.74, 6) is 1.20. The van der Waals surface area contributed by atoms with Gasteiger partial charge in [-0.1, -0.05) is 24.3 Å². The Morgan fingerprint density at radius 2 is 1.83 bits per heavy atom. The second-order valence-electron chi connectivity index (χ2n) is 8.07. The van der Waals surface area contributed by atoms with Gasteiger partial charge in [0.1, 0.15) is 0 Å². The number of anilines is 1. The molecule has 0 radical (unpaired) electrons. The van der Waals surface area contributed by atoms with Crippen LogP contribution in [0, 0.1) is 5.92 Å². The topological polar surface area (TPSA) is 59.1 Å². The number of likely N-dealkylation sites (tertiary alicyclic amines) is 1. The molecule has 1 fully saturated rings. The minimum atomic E-state index is -0.281. The number of carbonyl (C=O) groups excluding carboxylic acids is 2. The molecule has 0 spiro atoms. The number of hydrogen-bond acceptors (Lipinski definition) is 4. The van der Waals surface area contributed by atoms with E-state index in [1.807, 2.05) is 46.2 Å². The third kappa shape index (κ3) is 3.74. The van der Waals surface area contributed by atoms with Gasteiger partial charge in [0.2, 0.25) is 11.8 Å². The highest BCUT2D eigenvalue weighted by Crippen LogP contribution is 2.34. The SMILES string of the molecule is COc1ccc(CCN2CC(C(=O)N3c4ccccc4CC3C)CC2=O)cc1OC. The monoisotopic (exact) mass is 408 g/mol. The van der Waals surface area contributed by atoms with E-state index in [1.165, 1.54) is 5.56 Å². The Kier molecular flexibility index (Phi) is 5.66. The van der Waals surface area contributed by atoms with Crippen LogP contribution in [0.1, 0.15) is 24.5 Å². The summed E-state index contributed by atoms with van der Waals surface area (Å²) in [5, 5.41) is 0. The lowest BCUT2D eigenvalue weighted by Crippen LogP contribution is -2.41. The van der Waals surface area contributed by atoms with Gasteiger partial charge in [0, 0.05) is 31.2 Å². The number of carbonyl (C=O) groups is 2. The van der Waals surface area contributed by atoms with Crippen molar-refractivity contribution in [1.29, 1.82) is 0 Å². The van der Waals surface area contributed by atoms with E-state index in [0.717, 1.165) is 17.7 Å². The Hall–Kier alpha value is -3.02. The molecule has 0 bridgehead atoms.